The fourth-order valence-corrected chi connectivity index (χ4v) is 3.62. The number of hydrogen-bond donors (Lipinski definition) is 1. The van der Waals surface area contributed by atoms with E-state index in [1.54, 1.807) is 10.9 Å². The number of thiazole rings is 1. The summed E-state index contributed by atoms with van der Waals surface area (Å²) in [5.74, 6) is -0.0190. The predicted octanol–water partition coefficient (Wildman–Crippen LogP) is 1.89. The van der Waals surface area contributed by atoms with Gasteiger partial charge in [0.2, 0.25) is 0 Å². The van der Waals surface area contributed by atoms with Crippen LogP contribution in [0, 0.1) is 0 Å². The molecule has 98 valence electrons. The number of amides is 1. The van der Waals surface area contributed by atoms with Gasteiger partial charge in [-0.25, -0.2) is 4.98 Å². The molecule has 1 aromatic heterocycles. The summed E-state index contributed by atoms with van der Waals surface area (Å²) in [6.07, 6.45) is 6.50. The largest absolute Gasteiger partial charge is 0.347 e. The van der Waals surface area contributed by atoms with E-state index < -0.39 is 0 Å². The molecule has 0 radical (unpaired) electrons. The second-order valence-corrected chi connectivity index (χ2v) is 5.98. The Kier molecular flexibility index (Phi) is 3.61. The number of nitrogens with zero attached hydrogens (tertiary/aromatic N) is 2. The molecule has 1 aliphatic heterocycles. The summed E-state index contributed by atoms with van der Waals surface area (Å²) >= 11 is 1.46. The van der Waals surface area contributed by atoms with E-state index in [2.05, 4.69) is 15.2 Å². The van der Waals surface area contributed by atoms with E-state index in [1.165, 1.54) is 37.0 Å². The summed E-state index contributed by atoms with van der Waals surface area (Å²) in [5, 5.41) is 4.90. The minimum atomic E-state index is -0.0190. The molecule has 5 heteroatoms. The summed E-state index contributed by atoms with van der Waals surface area (Å²) in [6.45, 7) is 2.15. The highest BCUT2D eigenvalue weighted by Crippen LogP contribution is 2.26. The molecule has 1 unspecified atom stereocenters. The summed E-state index contributed by atoms with van der Waals surface area (Å²) in [7, 11) is 0. The van der Waals surface area contributed by atoms with E-state index in [-0.39, 0.29) is 5.91 Å². The molecule has 1 saturated heterocycles. The second kappa shape index (κ2) is 5.36. The van der Waals surface area contributed by atoms with Crippen molar-refractivity contribution in [2.45, 2.75) is 44.2 Å². The van der Waals surface area contributed by atoms with Crippen molar-refractivity contribution in [2.24, 2.45) is 0 Å². The van der Waals surface area contributed by atoms with Crippen LogP contribution in [0.1, 0.15) is 42.6 Å². The van der Waals surface area contributed by atoms with Crippen molar-refractivity contribution in [1.29, 1.82) is 0 Å². The Labute approximate surface area is 111 Å². The Hall–Kier alpha value is -0.940. The van der Waals surface area contributed by atoms with E-state index in [0.29, 0.717) is 11.7 Å². The molecular formula is C13H19N3OS. The van der Waals surface area contributed by atoms with Gasteiger partial charge in [-0.2, -0.15) is 0 Å². The first-order chi connectivity index (χ1) is 8.83. The fraction of sp³-hybridized carbons (Fsp3) is 0.692. The molecular weight excluding hydrogens is 246 g/mol. The topological polar surface area (TPSA) is 45.2 Å². The quantitative estimate of drug-likeness (QED) is 0.907. The highest BCUT2D eigenvalue weighted by atomic mass is 32.1. The van der Waals surface area contributed by atoms with Crippen molar-refractivity contribution in [1.82, 2.24) is 15.2 Å². The number of rotatable bonds is 3. The molecule has 18 heavy (non-hydrogen) atoms. The Morgan fingerprint density at radius 3 is 2.94 bits per heavy atom. The van der Waals surface area contributed by atoms with E-state index >= 15 is 0 Å². The second-order valence-electron chi connectivity index (χ2n) is 5.27. The maximum atomic E-state index is 11.9. The summed E-state index contributed by atoms with van der Waals surface area (Å²) in [4.78, 5) is 18.5. The van der Waals surface area contributed by atoms with Gasteiger partial charge >= 0.3 is 0 Å². The maximum Gasteiger partial charge on any atom is 0.271 e. The van der Waals surface area contributed by atoms with Crippen LogP contribution in [-0.2, 0) is 0 Å². The Morgan fingerprint density at radius 1 is 1.39 bits per heavy atom. The lowest BCUT2D eigenvalue weighted by Crippen LogP contribution is -2.39. The smallest absolute Gasteiger partial charge is 0.271 e. The van der Waals surface area contributed by atoms with Gasteiger partial charge in [-0.1, -0.05) is 12.8 Å². The van der Waals surface area contributed by atoms with Crippen molar-refractivity contribution in [3.8, 4) is 0 Å². The van der Waals surface area contributed by atoms with Crippen molar-refractivity contribution < 1.29 is 4.79 Å². The number of carbonyl (C=O) groups is 1. The molecule has 0 spiro atoms. The predicted molar refractivity (Wildman–Crippen MR) is 71.8 cm³/mol. The minimum absolute atomic E-state index is 0.0190. The molecule has 2 heterocycles. The van der Waals surface area contributed by atoms with Gasteiger partial charge in [0.1, 0.15) is 5.69 Å². The molecule has 1 amide bonds. The van der Waals surface area contributed by atoms with Crippen molar-refractivity contribution >= 4 is 17.2 Å². The van der Waals surface area contributed by atoms with Gasteiger partial charge in [-0.3, -0.25) is 9.69 Å². The van der Waals surface area contributed by atoms with Crippen LogP contribution in [0.25, 0.3) is 0 Å². The molecule has 1 atom stereocenters. The normalized spacial score (nSPS) is 25.7. The first kappa shape index (κ1) is 12.1. The molecule has 1 aliphatic carbocycles. The van der Waals surface area contributed by atoms with Crippen molar-refractivity contribution in [3.63, 3.8) is 0 Å². The van der Waals surface area contributed by atoms with Crippen LogP contribution in [0.4, 0.5) is 0 Å². The van der Waals surface area contributed by atoms with Gasteiger partial charge in [0, 0.05) is 30.6 Å². The standard InChI is InChI=1S/C13H19N3OS/c17-13(12-8-18-9-14-12)15-10-5-6-16(7-10)11-3-1-2-4-11/h8-11H,1-7H2,(H,15,17). The van der Waals surface area contributed by atoms with E-state index in [1.807, 2.05) is 0 Å². The zero-order chi connectivity index (χ0) is 12.4. The number of nitrogens with one attached hydrogen (secondary N) is 1. The minimum Gasteiger partial charge on any atom is -0.347 e. The van der Waals surface area contributed by atoms with Gasteiger partial charge in [0.15, 0.2) is 0 Å². The SMILES string of the molecule is O=C(NC1CCN(C2CCCC2)C1)c1cscn1. The van der Waals surface area contributed by atoms with Crippen LogP contribution in [0.2, 0.25) is 0 Å². The molecule has 3 rings (SSSR count). The van der Waals surface area contributed by atoms with Gasteiger partial charge in [-0.05, 0) is 19.3 Å². The molecule has 1 aromatic rings. The average molecular weight is 265 g/mol. The molecule has 2 fully saturated rings. The van der Waals surface area contributed by atoms with Crippen LogP contribution in [0.15, 0.2) is 10.9 Å². The number of likely N-dealkylation sites (tertiary alicyclic amines) is 1. The maximum absolute atomic E-state index is 11.9. The third-order valence-corrected chi connectivity index (χ3v) is 4.65. The lowest BCUT2D eigenvalue weighted by atomic mass is 10.2. The van der Waals surface area contributed by atoms with Crippen LogP contribution >= 0.6 is 11.3 Å². The number of aromatic nitrogens is 1. The van der Waals surface area contributed by atoms with Crippen LogP contribution in [-0.4, -0.2) is 41.0 Å². The van der Waals surface area contributed by atoms with Crippen molar-refractivity contribution in [3.05, 3.63) is 16.6 Å². The van der Waals surface area contributed by atoms with Gasteiger partial charge in [-0.15, -0.1) is 11.3 Å². The van der Waals surface area contributed by atoms with E-state index in [4.69, 9.17) is 0 Å². The molecule has 0 bridgehead atoms. The van der Waals surface area contributed by atoms with E-state index in [9.17, 15) is 4.79 Å². The highest BCUT2D eigenvalue weighted by molar-refractivity contribution is 7.07. The monoisotopic (exact) mass is 265 g/mol. The Morgan fingerprint density at radius 2 is 2.22 bits per heavy atom. The lowest BCUT2D eigenvalue weighted by molar-refractivity contribution is 0.0932. The molecule has 1 N–H and O–H groups in total. The summed E-state index contributed by atoms with van der Waals surface area (Å²) in [6, 6.07) is 1.07. The zero-order valence-electron chi connectivity index (χ0n) is 10.5. The third kappa shape index (κ3) is 2.57. The molecule has 4 nitrogen and oxygen atoms in total. The number of carbonyl (C=O) groups excluding carboxylic acids is 1. The van der Waals surface area contributed by atoms with Crippen LogP contribution < -0.4 is 5.32 Å². The first-order valence-corrected chi connectivity index (χ1v) is 7.70. The Bertz CT molecular complexity index is 400. The van der Waals surface area contributed by atoms with Gasteiger partial charge in [0.25, 0.3) is 5.91 Å². The van der Waals surface area contributed by atoms with Gasteiger partial charge < -0.3 is 5.32 Å². The molecule has 0 aromatic carbocycles. The lowest BCUT2D eigenvalue weighted by Gasteiger charge is -2.23. The number of hydrogen-bond acceptors (Lipinski definition) is 4. The fourth-order valence-electron chi connectivity index (χ4n) is 3.09. The first-order valence-electron chi connectivity index (χ1n) is 6.76. The van der Waals surface area contributed by atoms with Crippen LogP contribution in [0.5, 0.6) is 0 Å². The summed E-state index contributed by atoms with van der Waals surface area (Å²) in [5.41, 5.74) is 2.26. The molecule has 1 saturated carbocycles. The zero-order valence-corrected chi connectivity index (χ0v) is 11.3. The highest BCUT2D eigenvalue weighted by Gasteiger charge is 2.30. The summed E-state index contributed by atoms with van der Waals surface area (Å²) < 4.78 is 0. The average Bonchev–Trinajstić information content (AvgIpc) is 3.12. The third-order valence-electron chi connectivity index (χ3n) is 4.06. The van der Waals surface area contributed by atoms with Crippen molar-refractivity contribution in [2.75, 3.05) is 13.1 Å². The Balaban J connectivity index is 1.51. The molecule has 2 aliphatic rings. The van der Waals surface area contributed by atoms with Gasteiger partial charge in [0.05, 0.1) is 5.51 Å². The van der Waals surface area contributed by atoms with Crippen LogP contribution in [0.3, 0.4) is 0 Å². The van der Waals surface area contributed by atoms with E-state index in [0.717, 1.165) is 25.6 Å².